The quantitative estimate of drug-likeness (QED) is 0.577. The van der Waals surface area contributed by atoms with Crippen molar-refractivity contribution in [2.24, 2.45) is 0 Å². The van der Waals surface area contributed by atoms with Gasteiger partial charge in [0.25, 0.3) is 0 Å². The van der Waals surface area contributed by atoms with Crippen LogP contribution >= 0.6 is 7.91 Å². The highest BCUT2D eigenvalue weighted by Crippen LogP contribution is 2.51. The van der Waals surface area contributed by atoms with Gasteiger partial charge in [0.05, 0.1) is 0 Å². The Bertz CT molecular complexity index is 224. The molecule has 0 heterocycles. The number of hydrogen-bond acceptors (Lipinski definition) is 3. The molecule has 0 aliphatic carbocycles. The van der Waals surface area contributed by atoms with Crippen molar-refractivity contribution in [1.82, 2.24) is 0 Å². The van der Waals surface area contributed by atoms with Gasteiger partial charge in [0, 0.05) is 0 Å². The Kier molecular flexibility index (Phi) is 4.56. The molecule has 0 aliphatic rings. The third kappa shape index (κ3) is 9.95. The molecule has 0 amide bonds. The van der Waals surface area contributed by atoms with Crippen molar-refractivity contribution >= 4 is 7.91 Å². The Morgan fingerprint density at radius 1 is 0.867 bits per heavy atom. The molecule has 11 heteroatoms. The molecular weight excluding hydrogens is 260 g/mol. The summed E-state index contributed by atoms with van der Waals surface area (Å²) >= 11 is 0. The molecule has 0 aromatic carbocycles. The second-order valence-electron chi connectivity index (χ2n) is 2.21. The predicted octanol–water partition coefficient (Wildman–Crippen LogP) is 3.22. The van der Waals surface area contributed by atoms with E-state index in [0.717, 1.165) is 0 Å². The zero-order chi connectivity index (χ0) is 12.3. The molecule has 0 rings (SSSR count). The fraction of sp³-hybridized carbons (Fsp3) is 1.00. The number of halogens is 7. The van der Waals surface area contributed by atoms with Crippen LogP contribution in [0.1, 0.15) is 0 Å². The number of hydrogen-bond donors (Lipinski definition) is 0. The summed E-state index contributed by atoms with van der Waals surface area (Å²) < 4.78 is 96.7. The van der Waals surface area contributed by atoms with Crippen LogP contribution in [0.4, 0.5) is 30.5 Å². The SMILES string of the molecule is O=P(F)(OCC(F)(F)F)OCC(F)(F)F. The standard InChI is InChI=1S/C4H4F7O3P/c5-3(6,7)1-13-15(11,12)14-2-4(8,9)10/h1-2H2. The average Bonchev–Trinajstić information content (AvgIpc) is 1.96. The van der Waals surface area contributed by atoms with Crippen LogP contribution in [-0.2, 0) is 13.6 Å². The van der Waals surface area contributed by atoms with Crippen LogP contribution in [0.2, 0.25) is 0 Å². The van der Waals surface area contributed by atoms with E-state index in [9.17, 15) is 35.1 Å². The van der Waals surface area contributed by atoms with E-state index < -0.39 is 33.5 Å². The van der Waals surface area contributed by atoms with Crippen LogP contribution in [-0.4, -0.2) is 25.6 Å². The van der Waals surface area contributed by atoms with Crippen LogP contribution in [0.15, 0.2) is 0 Å². The number of rotatable bonds is 4. The summed E-state index contributed by atoms with van der Waals surface area (Å²) in [6.45, 7) is -4.59. The van der Waals surface area contributed by atoms with Crippen molar-refractivity contribution in [3.63, 3.8) is 0 Å². The second-order valence-corrected chi connectivity index (χ2v) is 3.59. The largest absolute Gasteiger partial charge is 0.513 e. The lowest BCUT2D eigenvalue weighted by atomic mass is 10.7. The van der Waals surface area contributed by atoms with Gasteiger partial charge in [0.2, 0.25) is 0 Å². The number of alkyl halides is 6. The maximum Gasteiger partial charge on any atom is 0.513 e. The zero-order valence-electron chi connectivity index (χ0n) is 6.73. The smallest absolute Gasteiger partial charge is 0.274 e. The highest BCUT2D eigenvalue weighted by molar-refractivity contribution is 7.48. The monoisotopic (exact) mass is 264 g/mol. The molecule has 0 aromatic heterocycles. The molecule has 0 saturated carbocycles. The lowest BCUT2D eigenvalue weighted by molar-refractivity contribution is -0.167. The van der Waals surface area contributed by atoms with E-state index in [1.54, 1.807) is 0 Å². The first-order valence-corrected chi connectivity index (χ1v) is 4.57. The Morgan fingerprint density at radius 2 is 1.13 bits per heavy atom. The Labute approximate surface area is 78.8 Å². The summed E-state index contributed by atoms with van der Waals surface area (Å²) in [5.41, 5.74) is 0. The minimum atomic E-state index is -5.83. The molecule has 0 N–H and O–H groups in total. The van der Waals surface area contributed by atoms with Gasteiger partial charge in [-0.05, 0) is 0 Å². The molecule has 0 unspecified atom stereocenters. The van der Waals surface area contributed by atoms with Gasteiger partial charge in [-0.1, -0.05) is 0 Å². The highest BCUT2D eigenvalue weighted by Gasteiger charge is 2.38. The third-order valence-electron chi connectivity index (χ3n) is 0.765. The Morgan fingerprint density at radius 3 is 1.33 bits per heavy atom. The Hall–Kier alpha value is -0.340. The van der Waals surface area contributed by atoms with Crippen molar-refractivity contribution in [2.75, 3.05) is 13.2 Å². The predicted molar refractivity (Wildman–Crippen MR) is 32.7 cm³/mol. The first kappa shape index (κ1) is 14.7. The summed E-state index contributed by atoms with van der Waals surface area (Å²) in [5, 5.41) is 0. The van der Waals surface area contributed by atoms with Crippen LogP contribution in [0, 0.1) is 0 Å². The van der Waals surface area contributed by atoms with Crippen LogP contribution in [0.3, 0.4) is 0 Å². The first-order chi connectivity index (χ1) is 6.41. The topological polar surface area (TPSA) is 35.5 Å². The maximum atomic E-state index is 12.3. The van der Waals surface area contributed by atoms with Gasteiger partial charge in [-0.2, -0.15) is 26.3 Å². The van der Waals surface area contributed by atoms with Gasteiger partial charge in [-0.25, -0.2) is 4.57 Å². The molecule has 15 heavy (non-hydrogen) atoms. The molecule has 3 nitrogen and oxygen atoms in total. The fourth-order valence-electron chi connectivity index (χ4n) is 0.338. The second kappa shape index (κ2) is 4.67. The van der Waals surface area contributed by atoms with Gasteiger partial charge in [-0.15, -0.1) is 4.20 Å². The molecule has 0 radical (unpaired) electrons. The van der Waals surface area contributed by atoms with E-state index >= 15 is 0 Å². The third-order valence-corrected chi connectivity index (χ3v) is 1.64. The first-order valence-electron chi connectivity index (χ1n) is 3.14. The lowest BCUT2D eigenvalue weighted by Crippen LogP contribution is -2.18. The van der Waals surface area contributed by atoms with Crippen LogP contribution < -0.4 is 0 Å². The van der Waals surface area contributed by atoms with Gasteiger partial charge in [0.15, 0.2) is 13.2 Å². The molecule has 0 atom stereocenters. The lowest BCUT2D eigenvalue weighted by Gasteiger charge is -2.12. The van der Waals surface area contributed by atoms with E-state index in [0.29, 0.717) is 0 Å². The van der Waals surface area contributed by atoms with Crippen molar-refractivity contribution in [3.8, 4) is 0 Å². The van der Waals surface area contributed by atoms with Gasteiger partial charge in [0.1, 0.15) is 0 Å². The maximum absolute atomic E-state index is 12.3. The summed E-state index contributed by atoms with van der Waals surface area (Å²) in [6, 6.07) is 0. The van der Waals surface area contributed by atoms with E-state index in [4.69, 9.17) is 0 Å². The van der Waals surface area contributed by atoms with E-state index in [2.05, 4.69) is 9.05 Å². The van der Waals surface area contributed by atoms with E-state index in [1.165, 1.54) is 0 Å². The van der Waals surface area contributed by atoms with Gasteiger partial charge >= 0.3 is 20.3 Å². The summed E-state index contributed by atoms with van der Waals surface area (Å²) in [5.74, 6) is 0. The van der Waals surface area contributed by atoms with Crippen LogP contribution in [0.25, 0.3) is 0 Å². The average molecular weight is 264 g/mol. The minimum absolute atomic E-state index is 2.29. The summed E-state index contributed by atoms with van der Waals surface area (Å²) in [4.78, 5) is 0. The van der Waals surface area contributed by atoms with E-state index in [1.807, 2.05) is 0 Å². The van der Waals surface area contributed by atoms with Crippen LogP contribution in [0.5, 0.6) is 0 Å². The molecule has 0 saturated heterocycles. The zero-order valence-corrected chi connectivity index (χ0v) is 7.63. The van der Waals surface area contributed by atoms with Crippen molar-refractivity contribution in [1.29, 1.82) is 0 Å². The van der Waals surface area contributed by atoms with Gasteiger partial charge < -0.3 is 0 Å². The molecule has 0 spiro atoms. The van der Waals surface area contributed by atoms with Crippen molar-refractivity contribution in [3.05, 3.63) is 0 Å². The fourth-order valence-corrected chi connectivity index (χ4v) is 1.01. The molecule has 0 bridgehead atoms. The van der Waals surface area contributed by atoms with Crippen molar-refractivity contribution in [2.45, 2.75) is 12.4 Å². The Balaban J connectivity index is 4.04. The molecular formula is C4H4F7O3P. The van der Waals surface area contributed by atoms with Gasteiger partial charge in [-0.3, -0.25) is 9.05 Å². The summed E-state index contributed by atoms with van der Waals surface area (Å²) in [6.07, 6.45) is -10.0. The highest BCUT2D eigenvalue weighted by atomic mass is 31.2. The summed E-state index contributed by atoms with van der Waals surface area (Å²) in [7, 11) is -5.83. The normalized spacial score (nSPS) is 14.3. The van der Waals surface area contributed by atoms with Crippen molar-refractivity contribution < 1.29 is 44.2 Å². The molecule has 92 valence electrons. The van der Waals surface area contributed by atoms with E-state index in [-0.39, 0.29) is 0 Å². The molecule has 0 aliphatic heterocycles. The molecule has 0 aromatic rings. The minimum Gasteiger partial charge on any atom is -0.274 e. The molecule has 0 fully saturated rings.